The molecule has 6 heteroatoms. The lowest BCUT2D eigenvalue weighted by atomic mass is 10.0. The molecule has 0 aliphatic heterocycles. The van der Waals surface area contributed by atoms with Gasteiger partial charge < -0.3 is 19.7 Å². The summed E-state index contributed by atoms with van der Waals surface area (Å²) in [5.74, 6) is -0.622. The van der Waals surface area contributed by atoms with Crippen LogP contribution in [0.3, 0.4) is 0 Å². The molecule has 0 atom stereocenters. The highest BCUT2D eigenvalue weighted by atomic mass is 79.9. The maximum Gasteiger partial charge on any atom is 0.186 e. The molecule has 0 saturated heterocycles. The Kier molecular flexibility index (Phi) is 5.51. The van der Waals surface area contributed by atoms with Crippen molar-refractivity contribution in [3.05, 3.63) is 64.1 Å². The van der Waals surface area contributed by atoms with Crippen LogP contribution in [0.15, 0.2) is 58.0 Å². The van der Waals surface area contributed by atoms with Gasteiger partial charge in [-0.05, 0) is 52.5 Å². The fraction of sp³-hybridized carbons (Fsp3) is 0.190. The zero-order chi connectivity index (χ0) is 19.6. The Hall–Kier alpha value is -2.41. The van der Waals surface area contributed by atoms with E-state index in [9.17, 15) is 10.2 Å². The minimum atomic E-state index is -1.88. The number of benzene rings is 3. The Morgan fingerprint density at radius 1 is 1.00 bits per heavy atom. The molecule has 2 N–H and O–H groups in total. The van der Waals surface area contributed by atoms with Gasteiger partial charge in [0.15, 0.2) is 17.3 Å². The molecule has 140 valence electrons. The van der Waals surface area contributed by atoms with E-state index >= 15 is 0 Å². The minimum Gasteiger partial charge on any atom is -0.493 e. The molecule has 0 fully saturated rings. The number of hydrogen-bond acceptors (Lipinski definition) is 5. The molecular formula is C21H20BrNO4. The van der Waals surface area contributed by atoms with Crippen LogP contribution in [0.2, 0.25) is 0 Å². The van der Waals surface area contributed by atoms with Crippen LogP contribution >= 0.6 is 15.9 Å². The Bertz CT molecular complexity index is 1010. The quantitative estimate of drug-likeness (QED) is 0.461. The third-order valence-electron chi connectivity index (χ3n) is 4.25. The van der Waals surface area contributed by atoms with Gasteiger partial charge in [0.1, 0.15) is 0 Å². The number of aliphatic hydroxyl groups is 2. The second-order valence-electron chi connectivity index (χ2n) is 6.22. The van der Waals surface area contributed by atoms with E-state index in [1.54, 1.807) is 32.6 Å². The van der Waals surface area contributed by atoms with E-state index < -0.39 is 5.79 Å². The number of methoxy groups -OCH3 is 2. The molecule has 0 aromatic heterocycles. The molecule has 27 heavy (non-hydrogen) atoms. The summed E-state index contributed by atoms with van der Waals surface area (Å²) in [7, 11) is 3.18. The van der Waals surface area contributed by atoms with Gasteiger partial charge in [0.2, 0.25) is 0 Å². The summed E-state index contributed by atoms with van der Waals surface area (Å²) in [5, 5.41) is 21.4. The highest BCUT2D eigenvalue weighted by Gasteiger charge is 2.18. The first-order valence-electron chi connectivity index (χ1n) is 8.27. The van der Waals surface area contributed by atoms with Crippen molar-refractivity contribution in [2.24, 2.45) is 4.99 Å². The SMILES string of the molecule is COc1cc(Br)c(C=Nc2cccc3cc(C(C)(O)O)ccc23)cc1OC. The van der Waals surface area contributed by atoms with Gasteiger partial charge in [-0.3, -0.25) is 4.99 Å². The van der Waals surface area contributed by atoms with E-state index in [2.05, 4.69) is 20.9 Å². The molecule has 3 rings (SSSR count). The average Bonchev–Trinajstić information content (AvgIpc) is 2.65. The minimum absolute atomic E-state index is 0.429. The van der Waals surface area contributed by atoms with E-state index in [4.69, 9.17) is 9.47 Å². The molecule has 0 saturated carbocycles. The van der Waals surface area contributed by atoms with Crippen LogP contribution in [0.4, 0.5) is 5.69 Å². The van der Waals surface area contributed by atoms with Crippen LogP contribution in [-0.2, 0) is 5.79 Å². The maximum absolute atomic E-state index is 9.79. The number of fused-ring (bicyclic) bond motifs is 1. The second-order valence-corrected chi connectivity index (χ2v) is 7.08. The Labute approximate surface area is 166 Å². The van der Waals surface area contributed by atoms with Gasteiger partial charge in [0.25, 0.3) is 0 Å². The number of rotatable bonds is 5. The first-order valence-corrected chi connectivity index (χ1v) is 9.06. The Morgan fingerprint density at radius 3 is 2.37 bits per heavy atom. The molecule has 3 aromatic carbocycles. The van der Waals surface area contributed by atoms with Crippen molar-refractivity contribution in [3.8, 4) is 11.5 Å². The number of aliphatic imine (C=N–C) groups is 1. The molecule has 0 aliphatic rings. The normalized spacial score (nSPS) is 11.9. The van der Waals surface area contributed by atoms with Crippen LogP contribution in [0.5, 0.6) is 11.5 Å². The zero-order valence-electron chi connectivity index (χ0n) is 15.2. The van der Waals surface area contributed by atoms with Crippen molar-refractivity contribution >= 4 is 38.6 Å². The van der Waals surface area contributed by atoms with Gasteiger partial charge in [0, 0.05) is 27.2 Å². The largest absolute Gasteiger partial charge is 0.493 e. The lowest BCUT2D eigenvalue weighted by Gasteiger charge is -2.17. The Balaban J connectivity index is 2.02. The van der Waals surface area contributed by atoms with Gasteiger partial charge in [-0.1, -0.05) is 24.3 Å². The van der Waals surface area contributed by atoms with E-state index in [0.717, 1.165) is 26.5 Å². The van der Waals surface area contributed by atoms with Crippen LogP contribution in [0, 0.1) is 0 Å². The van der Waals surface area contributed by atoms with Gasteiger partial charge in [-0.15, -0.1) is 0 Å². The van der Waals surface area contributed by atoms with Crippen molar-refractivity contribution in [2.75, 3.05) is 14.2 Å². The van der Waals surface area contributed by atoms with Gasteiger partial charge in [0.05, 0.1) is 19.9 Å². The molecular weight excluding hydrogens is 410 g/mol. The first-order chi connectivity index (χ1) is 12.8. The fourth-order valence-corrected chi connectivity index (χ4v) is 3.21. The summed E-state index contributed by atoms with van der Waals surface area (Å²) in [4.78, 5) is 4.61. The first kappa shape index (κ1) is 19.4. The fourth-order valence-electron chi connectivity index (χ4n) is 2.78. The molecule has 0 bridgehead atoms. The van der Waals surface area contributed by atoms with Crippen molar-refractivity contribution in [1.29, 1.82) is 0 Å². The molecule has 0 amide bonds. The van der Waals surface area contributed by atoms with Crippen molar-refractivity contribution in [1.82, 2.24) is 0 Å². The summed E-state index contributed by atoms with van der Waals surface area (Å²) in [6.07, 6.45) is 1.75. The smallest absolute Gasteiger partial charge is 0.186 e. The van der Waals surface area contributed by atoms with E-state index in [1.807, 2.05) is 36.4 Å². The molecule has 0 radical (unpaired) electrons. The molecule has 5 nitrogen and oxygen atoms in total. The van der Waals surface area contributed by atoms with Gasteiger partial charge in [-0.25, -0.2) is 0 Å². The van der Waals surface area contributed by atoms with E-state index in [-0.39, 0.29) is 0 Å². The predicted octanol–water partition coefficient (Wildman–Crippen LogP) is 4.53. The molecule has 0 spiro atoms. The standard InChI is InChI=1S/C21H20BrNO4/c1-21(24,25)15-7-8-16-13(9-15)5-4-6-18(16)23-12-14-10-19(26-2)20(27-3)11-17(14)22/h4-12,24-25H,1-3H3. The van der Waals surface area contributed by atoms with Crippen LogP contribution < -0.4 is 9.47 Å². The van der Waals surface area contributed by atoms with E-state index in [1.165, 1.54) is 6.92 Å². The van der Waals surface area contributed by atoms with Crippen molar-refractivity contribution < 1.29 is 19.7 Å². The molecule has 0 unspecified atom stereocenters. The number of hydrogen-bond donors (Lipinski definition) is 2. The lowest BCUT2D eigenvalue weighted by Crippen LogP contribution is -2.19. The van der Waals surface area contributed by atoms with Crippen molar-refractivity contribution in [2.45, 2.75) is 12.7 Å². The average molecular weight is 430 g/mol. The second kappa shape index (κ2) is 7.68. The highest BCUT2D eigenvalue weighted by molar-refractivity contribution is 9.10. The lowest BCUT2D eigenvalue weighted by molar-refractivity contribution is -0.152. The number of nitrogens with zero attached hydrogens (tertiary/aromatic N) is 1. The highest BCUT2D eigenvalue weighted by Crippen LogP contribution is 2.34. The van der Waals surface area contributed by atoms with Crippen LogP contribution in [-0.4, -0.2) is 30.6 Å². The summed E-state index contributed by atoms with van der Waals surface area (Å²) in [6.45, 7) is 1.34. The third kappa shape index (κ3) is 4.13. The maximum atomic E-state index is 9.79. The predicted molar refractivity (Wildman–Crippen MR) is 110 cm³/mol. The third-order valence-corrected chi connectivity index (χ3v) is 4.94. The van der Waals surface area contributed by atoms with E-state index in [0.29, 0.717) is 17.1 Å². The van der Waals surface area contributed by atoms with Gasteiger partial charge in [-0.2, -0.15) is 0 Å². The molecule has 0 heterocycles. The summed E-state index contributed by atoms with van der Waals surface area (Å²) >= 11 is 3.52. The van der Waals surface area contributed by atoms with Crippen LogP contribution in [0.1, 0.15) is 18.1 Å². The van der Waals surface area contributed by atoms with Gasteiger partial charge >= 0.3 is 0 Å². The van der Waals surface area contributed by atoms with Crippen LogP contribution in [0.25, 0.3) is 10.8 Å². The molecule has 0 aliphatic carbocycles. The monoisotopic (exact) mass is 429 g/mol. The van der Waals surface area contributed by atoms with Crippen molar-refractivity contribution in [3.63, 3.8) is 0 Å². The topological polar surface area (TPSA) is 71.3 Å². The molecule has 3 aromatic rings. The summed E-state index contributed by atoms with van der Waals surface area (Å²) in [5.41, 5.74) is 2.05. The summed E-state index contributed by atoms with van der Waals surface area (Å²) in [6, 6.07) is 14.7. The summed E-state index contributed by atoms with van der Waals surface area (Å²) < 4.78 is 11.5. The number of halogens is 1. The zero-order valence-corrected chi connectivity index (χ0v) is 16.8. The Morgan fingerprint density at radius 2 is 1.70 bits per heavy atom. The number of ether oxygens (including phenoxy) is 2.